The fraction of sp³-hybridized carbons (Fsp3) is 0.385. The summed E-state index contributed by atoms with van der Waals surface area (Å²) in [7, 11) is 0. The Kier molecular flexibility index (Phi) is 2.78. The second-order valence-electron chi connectivity index (χ2n) is 4.70. The molecule has 0 spiro atoms. The van der Waals surface area contributed by atoms with Gasteiger partial charge in [0, 0.05) is 12.2 Å². The predicted molar refractivity (Wildman–Crippen MR) is 65.4 cm³/mol. The van der Waals surface area contributed by atoms with Crippen LogP contribution < -0.4 is 5.11 Å². The molecule has 2 heterocycles. The third-order valence-corrected chi connectivity index (χ3v) is 5.29. The number of hydrogen-bond acceptors (Lipinski definition) is 4. The van der Waals surface area contributed by atoms with E-state index in [1.54, 1.807) is 12.1 Å². The minimum atomic E-state index is -1.23. The lowest BCUT2D eigenvalue weighted by Gasteiger charge is -2.34. The molecule has 0 aromatic heterocycles. The van der Waals surface area contributed by atoms with Gasteiger partial charge in [-0.05, 0) is 24.1 Å². The van der Waals surface area contributed by atoms with Crippen LogP contribution in [-0.2, 0) is 14.5 Å². The van der Waals surface area contributed by atoms with Crippen LogP contribution in [0.4, 0.5) is 4.39 Å². The summed E-state index contributed by atoms with van der Waals surface area (Å²) in [5.74, 6) is -1.45. The second kappa shape index (κ2) is 4.23. The molecule has 2 aliphatic heterocycles. The van der Waals surface area contributed by atoms with Crippen LogP contribution in [0.3, 0.4) is 0 Å². The predicted octanol–water partition coefficient (Wildman–Crippen LogP) is 0.466. The number of benzene rings is 1. The van der Waals surface area contributed by atoms with Gasteiger partial charge in [0.05, 0.1) is 12.0 Å². The Morgan fingerprint density at radius 3 is 2.74 bits per heavy atom. The highest BCUT2D eigenvalue weighted by Crippen LogP contribution is 2.54. The van der Waals surface area contributed by atoms with Gasteiger partial charge in [-0.3, -0.25) is 4.79 Å². The molecule has 1 aromatic rings. The Hall–Kier alpha value is -1.56. The number of fused-ring (bicyclic) bond motifs is 1. The molecule has 100 valence electrons. The lowest BCUT2D eigenvalue weighted by Crippen LogP contribution is -2.50. The number of carbonyl (C=O) groups excluding carboxylic acids is 2. The maximum absolute atomic E-state index is 13.0. The van der Waals surface area contributed by atoms with Crippen molar-refractivity contribution in [3.05, 3.63) is 35.6 Å². The number of thioether (sulfide) groups is 1. The molecule has 0 unspecified atom stereocenters. The van der Waals surface area contributed by atoms with Gasteiger partial charge in [-0.25, -0.2) is 4.39 Å². The Morgan fingerprint density at radius 1 is 1.42 bits per heavy atom. The normalized spacial score (nSPS) is 29.6. The zero-order chi connectivity index (χ0) is 13.6. The van der Waals surface area contributed by atoms with E-state index < -0.39 is 16.9 Å². The molecule has 4 nitrogen and oxygen atoms in total. The number of aliphatic carboxylic acids is 1. The SMILES string of the molecule is O=C([O-])[C@H]1CS[C@]2(c3ccc(F)cc3)CCC(=O)N12. The molecule has 6 heteroatoms. The molecule has 1 amide bonds. The average Bonchev–Trinajstić information content (AvgIpc) is 2.90. The summed E-state index contributed by atoms with van der Waals surface area (Å²) in [5, 5.41) is 11.1. The first-order chi connectivity index (χ1) is 9.04. The lowest BCUT2D eigenvalue weighted by atomic mass is 10.0. The number of rotatable bonds is 2. The largest absolute Gasteiger partial charge is 0.548 e. The molecule has 2 aliphatic rings. The highest BCUT2D eigenvalue weighted by atomic mass is 32.2. The summed E-state index contributed by atoms with van der Waals surface area (Å²) in [6.07, 6.45) is 0.861. The first kappa shape index (κ1) is 12.5. The van der Waals surface area contributed by atoms with Gasteiger partial charge in [-0.1, -0.05) is 12.1 Å². The lowest BCUT2D eigenvalue weighted by molar-refractivity contribution is -0.310. The van der Waals surface area contributed by atoms with Gasteiger partial charge in [0.15, 0.2) is 0 Å². The molecule has 0 radical (unpaired) electrons. The third-order valence-electron chi connectivity index (χ3n) is 3.69. The smallest absolute Gasteiger partial charge is 0.224 e. The highest BCUT2D eigenvalue weighted by molar-refractivity contribution is 8.00. The fourth-order valence-electron chi connectivity index (χ4n) is 2.83. The van der Waals surface area contributed by atoms with Crippen molar-refractivity contribution in [2.75, 3.05) is 5.75 Å². The molecular formula is C13H11FNO3S-. The molecule has 19 heavy (non-hydrogen) atoms. The van der Waals surface area contributed by atoms with Crippen LogP contribution in [0.1, 0.15) is 18.4 Å². The topological polar surface area (TPSA) is 60.4 Å². The monoisotopic (exact) mass is 280 g/mol. The average molecular weight is 280 g/mol. The van der Waals surface area contributed by atoms with Crippen molar-refractivity contribution in [2.45, 2.75) is 23.8 Å². The van der Waals surface area contributed by atoms with E-state index in [4.69, 9.17) is 0 Å². The Labute approximate surface area is 113 Å². The molecule has 1 aromatic carbocycles. The van der Waals surface area contributed by atoms with E-state index in [0.717, 1.165) is 5.56 Å². The minimum absolute atomic E-state index is 0.177. The molecular weight excluding hydrogens is 269 g/mol. The van der Waals surface area contributed by atoms with E-state index in [9.17, 15) is 19.1 Å². The summed E-state index contributed by atoms with van der Waals surface area (Å²) >= 11 is 1.42. The maximum atomic E-state index is 13.0. The second-order valence-corrected chi connectivity index (χ2v) is 6.00. The third kappa shape index (κ3) is 1.74. The molecule has 0 bridgehead atoms. The number of carboxylic acids is 1. The minimum Gasteiger partial charge on any atom is -0.548 e. The van der Waals surface area contributed by atoms with Crippen molar-refractivity contribution < 1.29 is 19.1 Å². The number of nitrogens with zero attached hydrogens (tertiary/aromatic N) is 1. The molecule has 0 aliphatic carbocycles. The van der Waals surface area contributed by atoms with E-state index in [-0.39, 0.29) is 11.7 Å². The van der Waals surface area contributed by atoms with Crippen LogP contribution in [0.5, 0.6) is 0 Å². The van der Waals surface area contributed by atoms with Crippen LogP contribution in [0.15, 0.2) is 24.3 Å². The van der Waals surface area contributed by atoms with Crippen LogP contribution in [-0.4, -0.2) is 28.6 Å². The Bertz CT molecular complexity index is 547. The van der Waals surface area contributed by atoms with Crippen molar-refractivity contribution >= 4 is 23.6 Å². The maximum Gasteiger partial charge on any atom is 0.224 e. The molecule has 3 rings (SSSR count). The summed E-state index contributed by atoms with van der Waals surface area (Å²) in [5.41, 5.74) is 0.772. The number of hydrogen-bond donors (Lipinski definition) is 0. The summed E-state index contributed by atoms with van der Waals surface area (Å²) in [6, 6.07) is 5.00. The fourth-order valence-corrected chi connectivity index (χ4v) is 4.46. The molecule has 2 atom stereocenters. The van der Waals surface area contributed by atoms with Crippen LogP contribution in [0.25, 0.3) is 0 Å². The number of carbonyl (C=O) groups is 2. The summed E-state index contributed by atoms with van der Waals surface area (Å²) < 4.78 is 13.0. The molecule has 0 N–H and O–H groups in total. The van der Waals surface area contributed by atoms with Crippen LogP contribution >= 0.6 is 11.8 Å². The number of carboxylic acid groups (broad SMARTS) is 1. The highest BCUT2D eigenvalue weighted by Gasteiger charge is 2.55. The van der Waals surface area contributed by atoms with E-state index in [0.29, 0.717) is 18.6 Å². The molecule has 0 saturated carbocycles. The first-order valence-corrected chi connectivity index (χ1v) is 6.96. The van der Waals surface area contributed by atoms with E-state index in [1.807, 2.05) is 0 Å². The van der Waals surface area contributed by atoms with Crippen molar-refractivity contribution in [3.63, 3.8) is 0 Å². The van der Waals surface area contributed by atoms with Crippen LogP contribution in [0, 0.1) is 5.82 Å². The summed E-state index contributed by atoms with van der Waals surface area (Å²) in [6.45, 7) is 0. The van der Waals surface area contributed by atoms with Gasteiger partial charge in [0.25, 0.3) is 0 Å². The van der Waals surface area contributed by atoms with Crippen molar-refractivity contribution in [3.8, 4) is 0 Å². The zero-order valence-electron chi connectivity index (χ0n) is 9.97. The van der Waals surface area contributed by atoms with Crippen LogP contribution in [0.2, 0.25) is 0 Å². The quantitative estimate of drug-likeness (QED) is 0.790. The Morgan fingerprint density at radius 2 is 2.11 bits per heavy atom. The van der Waals surface area contributed by atoms with Crippen molar-refractivity contribution in [1.82, 2.24) is 4.90 Å². The molecule has 2 saturated heterocycles. The van der Waals surface area contributed by atoms with Gasteiger partial charge in [-0.2, -0.15) is 0 Å². The number of amides is 1. The van der Waals surface area contributed by atoms with Gasteiger partial charge >= 0.3 is 0 Å². The van der Waals surface area contributed by atoms with E-state index in [2.05, 4.69) is 0 Å². The number of halogens is 1. The van der Waals surface area contributed by atoms with E-state index >= 15 is 0 Å². The van der Waals surface area contributed by atoms with E-state index in [1.165, 1.54) is 28.8 Å². The first-order valence-electron chi connectivity index (χ1n) is 5.97. The van der Waals surface area contributed by atoms with Gasteiger partial charge in [-0.15, -0.1) is 11.8 Å². The van der Waals surface area contributed by atoms with Gasteiger partial charge in [0.1, 0.15) is 10.7 Å². The summed E-state index contributed by atoms with van der Waals surface area (Å²) in [4.78, 5) is 23.8. The van der Waals surface area contributed by atoms with Crippen molar-refractivity contribution in [2.24, 2.45) is 0 Å². The van der Waals surface area contributed by atoms with Gasteiger partial charge < -0.3 is 14.8 Å². The standard InChI is InChI=1S/C13H12FNO3S/c14-9-3-1-8(2-4-9)13-6-5-11(16)15(13)10(7-19-13)12(17)18/h1-4,10H,5-7H2,(H,17,18)/p-1/t10-,13+/m1/s1. The Balaban J connectivity index is 2.05. The molecule has 2 fully saturated rings. The van der Waals surface area contributed by atoms with Gasteiger partial charge in [0.2, 0.25) is 5.91 Å². The van der Waals surface area contributed by atoms with Crippen molar-refractivity contribution in [1.29, 1.82) is 0 Å². The zero-order valence-corrected chi connectivity index (χ0v) is 10.8.